The monoisotopic (exact) mass is 279 g/mol. The summed E-state index contributed by atoms with van der Waals surface area (Å²) < 4.78 is 10.6. The van der Waals surface area contributed by atoms with E-state index in [0.717, 1.165) is 6.42 Å². The Morgan fingerprint density at radius 3 is 2.68 bits per heavy atom. The first-order chi connectivity index (χ1) is 9.19. The van der Waals surface area contributed by atoms with Gasteiger partial charge >= 0.3 is 0 Å². The number of rotatable bonds is 5. The Bertz CT molecular complexity index is 546. The summed E-state index contributed by atoms with van der Waals surface area (Å²) in [5.74, 6) is 1.01. The van der Waals surface area contributed by atoms with Gasteiger partial charge < -0.3 is 15.2 Å². The van der Waals surface area contributed by atoms with E-state index in [1.54, 1.807) is 7.11 Å². The molecule has 0 aliphatic rings. The lowest BCUT2D eigenvalue weighted by Crippen LogP contribution is -1.98. The van der Waals surface area contributed by atoms with E-state index in [1.165, 1.54) is 11.8 Å². The van der Waals surface area contributed by atoms with Crippen LogP contribution in [-0.4, -0.2) is 23.7 Å². The van der Waals surface area contributed by atoms with E-state index in [1.807, 2.05) is 24.3 Å². The molecule has 2 N–H and O–H groups in total. The fourth-order valence-corrected chi connectivity index (χ4v) is 1.62. The molecule has 1 heterocycles. The van der Waals surface area contributed by atoms with Crippen LogP contribution in [0.5, 0.6) is 11.6 Å². The predicted octanol–water partition coefficient (Wildman–Crippen LogP) is 2.69. The molecule has 0 aliphatic carbocycles. The van der Waals surface area contributed by atoms with E-state index in [9.17, 15) is 0 Å². The van der Waals surface area contributed by atoms with Gasteiger partial charge in [-0.3, -0.25) is 0 Å². The fraction of sp³-hybridized carbons (Fsp3) is 0.231. The molecule has 19 heavy (non-hydrogen) atoms. The minimum atomic E-state index is 0.121. The summed E-state index contributed by atoms with van der Waals surface area (Å²) in [4.78, 5) is 7.70. The third kappa shape index (κ3) is 3.81. The Labute approximate surface area is 116 Å². The zero-order chi connectivity index (χ0) is 13.7. The maximum atomic E-state index is 5.92. The highest BCUT2D eigenvalue weighted by atomic mass is 35.5. The SMILES string of the molecule is COCCc1ccc(Oc2nc(N)ncc2Cl)cc1. The lowest BCUT2D eigenvalue weighted by molar-refractivity contribution is 0.202. The van der Waals surface area contributed by atoms with Gasteiger partial charge in [0.25, 0.3) is 0 Å². The second kappa shape index (κ2) is 6.36. The molecule has 0 amide bonds. The van der Waals surface area contributed by atoms with E-state index >= 15 is 0 Å². The fourth-order valence-electron chi connectivity index (χ4n) is 1.49. The van der Waals surface area contributed by atoms with Crippen molar-refractivity contribution < 1.29 is 9.47 Å². The van der Waals surface area contributed by atoms with Gasteiger partial charge in [-0.1, -0.05) is 23.7 Å². The van der Waals surface area contributed by atoms with Gasteiger partial charge in [-0.25, -0.2) is 4.98 Å². The Morgan fingerprint density at radius 2 is 2.00 bits per heavy atom. The van der Waals surface area contributed by atoms with Crippen molar-refractivity contribution >= 4 is 17.5 Å². The molecule has 2 aromatic rings. The Morgan fingerprint density at radius 1 is 1.26 bits per heavy atom. The number of aromatic nitrogens is 2. The minimum absolute atomic E-state index is 0.121. The van der Waals surface area contributed by atoms with Crippen LogP contribution in [0.25, 0.3) is 0 Å². The van der Waals surface area contributed by atoms with Crippen LogP contribution in [0.3, 0.4) is 0 Å². The maximum Gasteiger partial charge on any atom is 0.243 e. The summed E-state index contributed by atoms with van der Waals surface area (Å²) in [6.07, 6.45) is 2.27. The normalized spacial score (nSPS) is 10.4. The summed E-state index contributed by atoms with van der Waals surface area (Å²) in [6, 6.07) is 7.62. The number of ether oxygens (including phenoxy) is 2. The molecule has 6 heteroatoms. The Kier molecular flexibility index (Phi) is 4.54. The van der Waals surface area contributed by atoms with Crippen LogP contribution >= 0.6 is 11.6 Å². The molecule has 0 unspecified atom stereocenters. The number of hydrogen-bond donors (Lipinski definition) is 1. The average molecular weight is 280 g/mol. The van der Waals surface area contributed by atoms with Gasteiger partial charge in [0.15, 0.2) is 0 Å². The number of anilines is 1. The van der Waals surface area contributed by atoms with Crippen molar-refractivity contribution in [2.24, 2.45) is 0 Å². The predicted molar refractivity (Wildman–Crippen MR) is 73.6 cm³/mol. The smallest absolute Gasteiger partial charge is 0.243 e. The molecule has 2 rings (SSSR count). The van der Waals surface area contributed by atoms with Crippen molar-refractivity contribution in [3.8, 4) is 11.6 Å². The molecule has 1 aromatic carbocycles. The van der Waals surface area contributed by atoms with Crippen LogP contribution in [0.15, 0.2) is 30.5 Å². The molecule has 0 aliphatic heterocycles. The summed E-state index contributed by atoms with van der Waals surface area (Å²) in [6.45, 7) is 0.689. The van der Waals surface area contributed by atoms with Crippen LogP contribution in [0.2, 0.25) is 5.02 Å². The van der Waals surface area contributed by atoms with E-state index in [4.69, 9.17) is 26.8 Å². The van der Waals surface area contributed by atoms with Crippen LogP contribution in [0.1, 0.15) is 5.56 Å². The van der Waals surface area contributed by atoms with E-state index in [0.29, 0.717) is 17.4 Å². The van der Waals surface area contributed by atoms with Crippen molar-refractivity contribution in [3.05, 3.63) is 41.0 Å². The van der Waals surface area contributed by atoms with Gasteiger partial charge in [-0.15, -0.1) is 0 Å². The van der Waals surface area contributed by atoms with Crippen molar-refractivity contribution in [2.45, 2.75) is 6.42 Å². The zero-order valence-electron chi connectivity index (χ0n) is 10.5. The quantitative estimate of drug-likeness (QED) is 0.911. The summed E-state index contributed by atoms with van der Waals surface area (Å²) in [7, 11) is 1.68. The molecule has 0 radical (unpaired) electrons. The van der Waals surface area contributed by atoms with Gasteiger partial charge in [0.2, 0.25) is 11.8 Å². The van der Waals surface area contributed by atoms with Crippen LogP contribution in [0, 0.1) is 0 Å². The average Bonchev–Trinajstić information content (AvgIpc) is 2.42. The number of methoxy groups -OCH3 is 1. The minimum Gasteiger partial charge on any atom is -0.437 e. The number of nitrogens with two attached hydrogens (primary N) is 1. The number of benzene rings is 1. The van der Waals surface area contributed by atoms with Crippen LogP contribution < -0.4 is 10.5 Å². The first-order valence-corrected chi connectivity index (χ1v) is 6.10. The molecular weight excluding hydrogens is 266 g/mol. The van der Waals surface area contributed by atoms with Crippen molar-refractivity contribution in [1.29, 1.82) is 0 Å². The summed E-state index contributed by atoms with van der Waals surface area (Å²) in [5.41, 5.74) is 6.65. The first kappa shape index (κ1) is 13.6. The van der Waals surface area contributed by atoms with Crippen LogP contribution in [0.4, 0.5) is 5.95 Å². The Balaban J connectivity index is 2.08. The zero-order valence-corrected chi connectivity index (χ0v) is 11.2. The molecule has 5 nitrogen and oxygen atoms in total. The summed E-state index contributed by atoms with van der Waals surface area (Å²) >= 11 is 5.92. The largest absolute Gasteiger partial charge is 0.437 e. The van der Waals surface area contributed by atoms with Gasteiger partial charge in [-0.2, -0.15) is 4.98 Å². The van der Waals surface area contributed by atoms with Crippen molar-refractivity contribution in [3.63, 3.8) is 0 Å². The van der Waals surface area contributed by atoms with E-state index in [-0.39, 0.29) is 11.8 Å². The molecule has 0 spiro atoms. The number of hydrogen-bond acceptors (Lipinski definition) is 5. The molecule has 0 fully saturated rings. The number of halogens is 1. The van der Waals surface area contributed by atoms with Gasteiger partial charge in [-0.05, 0) is 24.1 Å². The molecule has 0 saturated heterocycles. The van der Waals surface area contributed by atoms with Gasteiger partial charge in [0.05, 0.1) is 12.8 Å². The van der Waals surface area contributed by atoms with E-state index < -0.39 is 0 Å². The lowest BCUT2D eigenvalue weighted by Gasteiger charge is -2.07. The topological polar surface area (TPSA) is 70.3 Å². The third-order valence-corrected chi connectivity index (χ3v) is 2.72. The molecule has 0 bridgehead atoms. The third-order valence-electron chi connectivity index (χ3n) is 2.46. The molecule has 1 aromatic heterocycles. The lowest BCUT2D eigenvalue weighted by atomic mass is 10.1. The van der Waals surface area contributed by atoms with Gasteiger partial charge in [0.1, 0.15) is 10.8 Å². The number of nitrogens with zero attached hydrogens (tertiary/aromatic N) is 2. The number of nitrogen functional groups attached to an aromatic ring is 1. The highest BCUT2D eigenvalue weighted by Crippen LogP contribution is 2.27. The van der Waals surface area contributed by atoms with Crippen molar-refractivity contribution in [1.82, 2.24) is 9.97 Å². The highest BCUT2D eigenvalue weighted by molar-refractivity contribution is 6.31. The van der Waals surface area contributed by atoms with Gasteiger partial charge in [0, 0.05) is 7.11 Å². The van der Waals surface area contributed by atoms with Crippen LogP contribution in [-0.2, 0) is 11.2 Å². The molecule has 100 valence electrons. The van der Waals surface area contributed by atoms with E-state index in [2.05, 4.69) is 9.97 Å². The maximum absolute atomic E-state index is 5.92. The first-order valence-electron chi connectivity index (χ1n) is 5.73. The Hall–Kier alpha value is -1.85. The van der Waals surface area contributed by atoms with Crippen molar-refractivity contribution in [2.75, 3.05) is 19.5 Å². The second-order valence-electron chi connectivity index (χ2n) is 3.87. The standard InChI is InChI=1S/C13H14ClN3O2/c1-18-7-6-9-2-4-10(5-3-9)19-12-11(14)8-16-13(15)17-12/h2-5,8H,6-7H2,1H3,(H2,15,16,17). The molecule has 0 saturated carbocycles. The highest BCUT2D eigenvalue weighted by Gasteiger charge is 2.06. The summed E-state index contributed by atoms with van der Waals surface area (Å²) in [5, 5.41) is 0.317. The second-order valence-corrected chi connectivity index (χ2v) is 4.28. The molecule has 0 atom stereocenters. The molecular formula is C13H14ClN3O2.